The highest BCUT2D eigenvalue weighted by Crippen LogP contribution is 2.19. The molecule has 0 aliphatic heterocycles. The molecule has 1 unspecified atom stereocenters. The Balaban J connectivity index is 2.87. The van der Waals surface area contributed by atoms with Gasteiger partial charge in [-0.25, -0.2) is 4.98 Å². The van der Waals surface area contributed by atoms with Gasteiger partial charge in [0, 0.05) is 5.38 Å². The number of nitrogen functional groups attached to an aromatic ring is 1. The third-order valence-electron chi connectivity index (χ3n) is 3.21. The van der Waals surface area contributed by atoms with Crippen molar-refractivity contribution in [3.63, 3.8) is 0 Å². The smallest absolute Gasteiger partial charge is 0.375 e. The summed E-state index contributed by atoms with van der Waals surface area (Å²) in [5, 5.41) is 4.04. The molecule has 24 heavy (non-hydrogen) atoms. The van der Waals surface area contributed by atoms with Crippen molar-refractivity contribution in [2.24, 2.45) is 0 Å². The third kappa shape index (κ3) is 4.95. The van der Waals surface area contributed by atoms with Crippen LogP contribution in [0.1, 0.15) is 31.3 Å². The molecule has 134 valence electrons. The zero-order valence-corrected chi connectivity index (χ0v) is 14.6. The summed E-state index contributed by atoms with van der Waals surface area (Å²) in [5.74, 6) is -1.97. The standard InChI is InChI=1S/C11H16N4O7S2/c1-6(11(2,3)15(5-16)22-24(19,20)21)13-9(18)8(17)7-4-23-10(12)14-7/h4-6H,1-3H3,(H2,12,14)(H,13,18)(H,19,20,21). The average Bonchev–Trinajstić information content (AvgIpc) is 2.89. The minimum Gasteiger partial charge on any atom is -0.375 e. The number of nitrogens with zero attached hydrogens (tertiary/aromatic N) is 2. The molecule has 0 fully saturated rings. The fraction of sp³-hybridized carbons (Fsp3) is 0.455. The maximum atomic E-state index is 12.0. The van der Waals surface area contributed by atoms with Crippen LogP contribution in [0.4, 0.5) is 5.13 Å². The van der Waals surface area contributed by atoms with Crippen LogP contribution < -0.4 is 11.1 Å². The molecule has 2 amide bonds. The number of carbonyl (C=O) groups is 3. The van der Waals surface area contributed by atoms with Crippen LogP contribution in [0.2, 0.25) is 0 Å². The Hall–Kier alpha value is -2.09. The Morgan fingerprint density at radius 3 is 2.54 bits per heavy atom. The molecule has 0 saturated heterocycles. The van der Waals surface area contributed by atoms with Crippen LogP contribution in [0.15, 0.2) is 5.38 Å². The van der Waals surface area contributed by atoms with E-state index in [1.54, 1.807) is 0 Å². The highest BCUT2D eigenvalue weighted by atomic mass is 32.3. The molecule has 4 N–H and O–H groups in total. The first-order valence-corrected chi connectivity index (χ1v) is 8.60. The van der Waals surface area contributed by atoms with Crippen LogP contribution in [-0.2, 0) is 24.3 Å². The number of hydrogen-bond donors (Lipinski definition) is 3. The van der Waals surface area contributed by atoms with E-state index < -0.39 is 33.7 Å². The topological polar surface area (TPSA) is 169 Å². The normalized spacial score (nSPS) is 13.2. The number of anilines is 1. The lowest BCUT2D eigenvalue weighted by molar-refractivity contribution is -0.166. The van der Waals surface area contributed by atoms with E-state index in [4.69, 9.17) is 10.3 Å². The van der Waals surface area contributed by atoms with E-state index in [9.17, 15) is 22.8 Å². The van der Waals surface area contributed by atoms with Crippen molar-refractivity contribution >= 4 is 45.0 Å². The number of nitrogens with one attached hydrogen (secondary N) is 1. The SMILES string of the molecule is CC(NC(=O)C(=O)c1csc(N)n1)C(C)(C)N(C=O)OS(=O)(=O)O. The number of ketones is 1. The minimum atomic E-state index is -4.94. The van der Waals surface area contributed by atoms with Gasteiger partial charge in [0.2, 0.25) is 6.41 Å². The average molecular weight is 380 g/mol. The predicted molar refractivity (Wildman–Crippen MR) is 83.1 cm³/mol. The maximum Gasteiger partial charge on any atom is 0.418 e. The first-order chi connectivity index (χ1) is 10.9. The molecule has 1 heterocycles. The summed E-state index contributed by atoms with van der Waals surface area (Å²) >= 11 is 0.986. The van der Waals surface area contributed by atoms with Gasteiger partial charge < -0.3 is 11.1 Å². The minimum absolute atomic E-state index is 0.0133. The summed E-state index contributed by atoms with van der Waals surface area (Å²) in [5.41, 5.74) is 3.82. The van der Waals surface area contributed by atoms with E-state index in [1.165, 1.54) is 26.2 Å². The second kappa shape index (κ2) is 7.21. The molecule has 1 aromatic heterocycles. The van der Waals surface area contributed by atoms with Gasteiger partial charge in [-0.1, -0.05) is 0 Å². The molecule has 0 aromatic carbocycles. The monoisotopic (exact) mass is 380 g/mol. The quantitative estimate of drug-likeness (QED) is 0.175. The molecule has 0 aliphatic carbocycles. The van der Waals surface area contributed by atoms with Crippen molar-refractivity contribution in [1.82, 2.24) is 15.4 Å². The number of hydroxylamine groups is 2. The summed E-state index contributed by atoms with van der Waals surface area (Å²) in [6, 6.07) is -0.933. The Morgan fingerprint density at radius 1 is 1.54 bits per heavy atom. The summed E-state index contributed by atoms with van der Waals surface area (Å²) in [4.78, 5) is 38.6. The number of carbonyl (C=O) groups excluding carboxylic acids is 3. The molecule has 0 saturated carbocycles. The van der Waals surface area contributed by atoms with E-state index in [-0.39, 0.29) is 17.2 Å². The molecular formula is C11H16N4O7S2. The Labute approximate surface area is 141 Å². The van der Waals surface area contributed by atoms with Gasteiger partial charge in [-0.3, -0.25) is 18.9 Å². The van der Waals surface area contributed by atoms with Crippen LogP contribution in [0.25, 0.3) is 0 Å². The van der Waals surface area contributed by atoms with Gasteiger partial charge in [-0.2, -0.15) is 13.5 Å². The Morgan fingerprint density at radius 2 is 2.12 bits per heavy atom. The van der Waals surface area contributed by atoms with Crippen molar-refractivity contribution in [3.05, 3.63) is 11.1 Å². The second-order valence-corrected chi connectivity index (χ2v) is 7.08. The first kappa shape index (κ1) is 20.0. The van der Waals surface area contributed by atoms with Crippen LogP contribution in [0.3, 0.4) is 0 Å². The fourth-order valence-corrected chi connectivity index (χ4v) is 2.46. The fourth-order valence-electron chi connectivity index (χ4n) is 1.49. The van der Waals surface area contributed by atoms with Crippen molar-refractivity contribution < 1.29 is 31.6 Å². The number of hydrogen-bond acceptors (Lipinski definition) is 9. The van der Waals surface area contributed by atoms with Crippen LogP contribution >= 0.6 is 11.3 Å². The molecule has 1 atom stereocenters. The third-order valence-corrected chi connectivity index (χ3v) is 4.23. The van der Waals surface area contributed by atoms with Gasteiger partial charge in [0.15, 0.2) is 5.13 Å². The van der Waals surface area contributed by atoms with E-state index in [2.05, 4.69) is 14.6 Å². The molecule has 0 bridgehead atoms. The lowest BCUT2D eigenvalue weighted by Crippen LogP contribution is -2.58. The Bertz CT molecular complexity index is 743. The number of amides is 2. The van der Waals surface area contributed by atoms with Crippen molar-refractivity contribution in [1.29, 1.82) is 0 Å². The first-order valence-electron chi connectivity index (χ1n) is 6.36. The summed E-state index contributed by atoms with van der Waals surface area (Å²) < 4.78 is 34.3. The molecule has 0 aliphatic rings. The summed E-state index contributed by atoms with van der Waals surface area (Å²) in [7, 11) is -4.94. The largest absolute Gasteiger partial charge is 0.418 e. The molecule has 13 heteroatoms. The molecule has 0 spiro atoms. The maximum absolute atomic E-state index is 12.0. The van der Waals surface area contributed by atoms with Gasteiger partial charge in [0.05, 0.1) is 11.6 Å². The zero-order chi connectivity index (χ0) is 18.7. The van der Waals surface area contributed by atoms with Gasteiger partial charge in [0.25, 0.3) is 11.7 Å². The molecule has 11 nitrogen and oxygen atoms in total. The highest BCUT2D eigenvalue weighted by molar-refractivity contribution is 7.80. The number of rotatable bonds is 8. The van der Waals surface area contributed by atoms with Crippen LogP contribution in [0.5, 0.6) is 0 Å². The zero-order valence-electron chi connectivity index (χ0n) is 12.9. The van der Waals surface area contributed by atoms with Crippen molar-refractivity contribution in [2.75, 3.05) is 5.73 Å². The van der Waals surface area contributed by atoms with Crippen LogP contribution in [-0.4, -0.2) is 52.7 Å². The molecule has 1 aromatic rings. The van der Waals surface area contributed by atoms with E-state index in [0.29, 0.717) is 5.06 Å². The van der Waals surface area contributed by atoms with E-state index in [0.717, 1.165) is 11.3 Å². The lowest BCUT2D eigenvalue weighted by Gasteiger charge is -2.37. The van der Waals surface area contributed by atoms with Gasteiger partial charge in [-0.15, -0.1) is 15.6 Å². The van der Waals surface area contributed by atoms with Crippen molar-refractivity contribution in [2.45, 2.75) is 32.4 Å². The van der Waals surface area contributed by atoms with Gasteiger partial charge >= 0.3 is 10.4 Å². The van der Waals surface area contributed by atoms with E-state index in [1.807, 2.05) is 0 Å². The van der Waals surface area contributed by atoms with Crippen molar-refractivity contribution in [3.8, 4) is 0 Å². The number of thiazole rings is 1. The number of aromatic nitrogens is 1. The molecule has 0 radical (unpaired) electrons. The summed E-state index contributed by atoms with van der Waals surface area (Å²) in [6.07, 6.45) is 0.0133. The summed E-state index contributed by atoms with van der Waals surface area (Å²) in [6.45, 7) is 4.11. The number of Topliss-reactive ketones (excluding diaryl/α,β-unsaturated/α-hetero) is 1. The van der Waals surface area contributed by atoms with Gasteiger partial charge in [0.1, 0.15) is 5.69 Å². The second-order valence-electron chi connectivity index (χ2n) is 5.18. The van der Waals surface area contributed by atoms with Gasteiger partial charge in [-0.05, 0) is 20.8 Å². The predicted octanol–water partition coefficient (Wildman–Crippen LogP) is -0.616. The highest BCUT2D eigenvalue weighted by Gasteiger charge is 2.37. The van der Waals surface area contributed by atoms with E-state index >= 15 is 0 Å². The number of nitrogens with two attached hydrogens (primary N) is 1. The molecule has 1 rings (SSSR count). The Kier molecular flexibility index (Phi) is 5.99. The lowest BCUT2D eigenvalue weighted by atomic mass is 9.95. The molecular weight excluding hydrogens is 364 g/mol. The van der Waals surface area contributed by atoms with Crippen LogP contribution in [0, 0.1) is 0 Å².